The summed E-state index contributed by atoms with van der Waals surface area (Å²) in [4.78, 5) is 29.7. The van der Waals surface area contributed by atoms with Crippen LogP contribution in [0.4, 0.5) is 10.6 Å². The number of hydrogen-bond acceptors (Lipinski definition) is 5. The van der Waals surface area contributed by atoms with Gasteiger partial charge in [0.1, 0.15) is 17.0 Å². The second-order valence-corrected chi connectivity index (χ2v) is 6.41. The van der Waals surface area contributed by atoms with Crippen LogP contribution >= 0.6 is 0 Å². The predicted molar refractivity (Wildman–Crippen MR) is 81.1 cm³/mol. The van der Waals surface area contributed by atoms with Gasteiger partial charge in [0.15, 0.2) is 0 Å². The second-order valence-electron chi connectivity index (χ2n) is 6.41. The number of carbonyl (C=O) groups excluding carboxylic acids is 1. The Labute approximate surface area is 129 Å². The Hall–Kier alpha value is -2.15. The highest BCUT2D eigenvalue weighted by molar-refractivity contribution is 5.97. The number of amides is 1. The molecule has 0 bridgehead atoms. The zero-order chi connectivity index (χ0) is 16.5. The Kier molecular flexibility index (Phi) is 4.37. The Bertz CT molecular complexity index is 608. The summed E-state index contributed by atoms with van der Waals surface area (Å²) in [6.45, 7) is 6.70. The van der Waals surface area contributed by atoms with Gasteiger partial charge in [0, 0.05) is 25.2 Å². The maximum Gasteiger partial charge on any atom is 0.413 e. The third kappa shape index (κ3) is 3.94. The smallest absolute Gasteiger partial charge is 0.413 e. The highest BCUT2D eigenvalue weighted by Crippen LogP contribution is 2.23. The predicted octanol–water partition coefficient (Wildman–Crippen LogP) is 2.11. The molecule has 0 aromatic carbocycles. The SMILES string of the molecule is CN1CCc2nc(NC(=O)OC(C)(C)C)c(C(=O)O)cc2C1. The highest BCUT2D eigenvalue weighted by Gasteiger charge is 2.23. The first-order valence-corrected chi connectivity index (χ1v) is 7.10. The second kappa shape index (κ2) is 5.92. The normalized spacial score (nSPS) is 15.1. The molecule has 7 nitrogen and oxygen atoms in total. The molecule has 0 spiro atoms. The number of pyridine rings is 1. The van der Waals surface area contributed by atoms with Crippen LogP contribution in [-0.4, -0.2) is 46.2 Å². The molecule has 7 heteroatoms. The third-order valence-corrected chi connectivity index (χ3v) is 3.21. The molecule has 0 unspecified atom stereocenters. The zero-order valence-corrected chi connectivity index (χ0v) is 13.3. The quantitative estimate of drug-likeness (QED) is 0.869. The van der Waals surface area contributed by atoms with E-state index in [2.05, 4.69) is 15.2 Å². The van der Waals surface area contributed by atoms with E-state index in [9.17, 15) is 14.7 Å². The van der Waals surface area contributed by atoms with Crippen molar-refractivity contribution in [3.05, 3.63) is 22.9 Å². The van der Waals surface area contributed by atoms with Crippen LogP contribution in [0.2, 0.25) is 0 Å². The number of carboxylic acids is 1. The van der Waals surface area contributed by atoms with Gasteiger partial charge in [-0.3, -0.25) is 5.32 Å². The van der Waals surface area contributed by atoms with Crippen molar-refractivity contribution in [3.63, 3.8) is 0 Å². The van der Waals surface area contributed by atoms with Gasteiger partial charge in [0.05, 0.1) is 0 Å². The fraction of sp³-hybridized carbons (Fsp3) is 0.533. The maximum absolute atomic E-state index is 11.8. The van der Waals surface area contributed by atoms with Gasteiger partial charge in [0.25, 0.3) is 0 Å². The molecular weight excluding hydrogens is 286 g/mol. The molecule has 1 aliphatic rings. The van der Waals surface area contributed by atoms with Gasteiger partial charge in [-0.05, 0) is 39.4 Å². The lowest BCUT2D eigenvalue weighted by molar-refractivity contribution is 0.0635. The first-order valence-electron chi connectivity index (χ1n) is 7.10. The van der Waals surface area contributed by atoms with Crippen molar-refractivity contribution in [3.8, 4) is 0 Å². The Morgan fingerprint density at radius 1 is 1.41 bits per heavy atom. The number of ether oxygens (including phenoxy) is 1. The molecule has 22 heavy (non-hydrogen) atoms. The number of aromatic carboxylic acids is 1. The Morgan fingerprint density at radius 2 is 2.09 bits per heavy atom. The summed E-state index contributed by atoms with van der Waals surface area (Å²) in [7, 11) is 1.97. The van der Waals surface area contributed by atoms with Crippen LogP contribution in [0.1, 0.15) is 42.4 Å². The topological polar surface area (TPSA) is 91.8 Å². The molecule has 1 aromatic rings. The molecule has 1 amide bonds. The van der Waals surface area contributed by atoms with Crippen LogP contribution in [0.3, 0.4) is 0 Å². The number of carboxylic acid groups (broad SMARTS) is 1. The third-order valence-electron chi connectivity index (χ3n) is 3.21. The number of anilines is 1. The van der Waals surface area contributed by atoms with Gasteiger partial charge < -0.3 is 14.7 Å². The van der Waals surface area contributed by atoms with E-state index in [4.69, 9.17) is 4.74 Å². The standard InChI is InChI=1S/C15H21N3O4/c1-15(2,3)22-14(21)17-12-10(13(19)20)7-9-8-18(4)6-5-11(9)16-12/h7H,5-6,8H2,1-4H3,(H,19,20)(H,16,17,21). The van der Waals surface area contributed by atoms with E-state index in [-0.39, 0.29) is 11.4 Å². The summed E-state index contributed by atoms with van der Waals surface area (Å²) in [5.41, 5.74) is 1.000. The molecule has 1 aromatic heterocycles. The minimum Gasteiger partial charge on any atom is -0.478 e. The van der Waals surface area contributed by atoms with Crippen molar-refractivity contribution in [2.75, 3.05) is 18.9 Å². The van der Waals surface area contributed by atoms with E-state index < -0.39 is 17.7 Å². The Balaban J connectivity index is 2.30. The number of carbonyl (C=O) groups is 2. The number of hydrogen-bond donors (Lipinski definition) is 2. The average molecular weight is 307 g/mol. The van der Waals surface area contributed by atoms with Crippen molar-refractivity contribution in [1.29, 1.82) is 0 Å². The molecule has 1 aliphatic heterocycles. The highest BCUT2D eigenvalue weighted by atomic mass is 16.6. The number of fused-ring (bicyclic) bond motifs is 1. The molecule has 120 valence electrons. The van der Waals surface area contributed by atoms with Crippen molar-refractivity contribution < 1.29 is 19.4 Å². The van der Waals surface area contributed by atoms with E-state index in [1.807, 2.05) is 7.05 Å². The Morgan fingerprint density at radius 3 is 2.68 bits per heavy atom. The summed E-state index contributed by atoms with van der Waals surface area (Å²) in [6, 6.07) is 1.58. The first-order chi connectivity index (χ1) is 10.2. The number of likely N-dealkylation sites (N-methyl/N-ethyl adjacent to an activating group) is 1. The van der Waals surface area contributed by atoms with Crippen LogP contribution in [0.15, 0.2) is 6.07 Å². The van der Waals surface area contributed by atoms with Crippen LogP contribution < -0.4 is 5.32 Å². The number of rotatable bonds is 2. The summed E-state index contributed by atoms with van der Waals surface area (Å²) < 4.78 is 5.15. The lowest BCUT2D eigenvalue weighted by Crippen LogP contribution is -2.30. The van der Waals surface area contributed by atoms with E-state index >= 15 is 0 Å². The fourth-order valence-electron chi connectivity index (χ4n) is 2.27. The summed E-state index contributed by atoms with van der Waals surface area (Å²) in [5.74, 6) is -1.10. The van der Waals surface area contributed by atoms with Crippen LogP contribution in [0, 0.1) is 0 Å². The minimum atomic E-state index is -1.13. The van der Waals surface area contributed by atoms with Crippen LogP contribution in [0.25, 0.3) is 0 Å². The van der Waals surface area contributed by atoms with Crippen molar-refractivity contribution in [2.24, 2.45) is 0 Å². The lowest BCUT2D eigenvalue weighted by Gasteiger charge is -2.25. The van der Waals surface area contributed by atoms with Crippen molar-refractivity contribution in [2.45, 2.75) is 39.3 Å². The minimum absolute atomic E-state index is 0.0279. The van der Waals surface area contributed by atoms with Gasteiger partial charge in [-0.15, -0.1) is 0 Å². The molecule has 0 aliphatic carbocycles. The molecule has 2 rings (SSSR count). The number of aromatic nitrogens is 1. The summed E-state index contributed by atoms with van der Waals surface area (Å²) in [6.07, 6.45) is 0.00438. The summed E-state index contributed by atoms with van der Waals surface area (Å²) in [5, 5.41) is 11.8. The zero-order valence-electron chi connectivity index (χ0n) is 13.3. The van der Waals surface area contributed by atoms with Gasteiger partial charge in [-0.2, -0.15) is 0 Å². The van der Waals surface area contributed by atoms with Gasteiger partial charge in [0.2, 0.25) is 0 Å². The fourth-order valence-corrected chi connectivity index (χ4v) is 2.27. The largest absolute Gasteiger partial charge is 0.478 e. The van der Waals surface area contributed by atoms with Gasteiger partial charge >= 0.3 is 12.1 Å². The van der Waals surface area contributed by atoms with Crippen LogP contribution in [-0.2, 0) is 17.7 Å². The van der Waals surface area contributed by atoms with E-state index in [0.29, 0.717) is 13.0 Å². The number of nitrogens with zero attached hydrogens (tertiary/aromatic N) is 2. The van der Waals surface area contributed by atoms with E-state index in [0.717, 1.165) is 17.8 Å². The average Bonchev–Trinajstić information content (AvgIpc) is 2.35. The van der Waals surface area contributed by atoms with Crippen molar-refractivity contribution in [1.82, 2.24) is 9.88 Å². The first kappa shape index (κ1) is 16.2. The lowest BCUT2D eigenvalue weighted by atomic mass is 10.0. The molecule has 2 heterocycles. The molecule has 0 saturated carbocycles. The van der Waals surface area contributed by atoms with E-state index in [1.165, 1.54) is 0 Å². The van der Waals surface area contributed by atoms with Crippen molar-refractivity contribution >= 4 is 17.9 Å². The molecule has 2 N–H and O–H groups in total. The summed E-state index contributed by atoms with van der Waals surface area (Å²) >= 11 is 0. The number of nitrogens with one attached hydrogen (secondary N) is 1. The monoisotopic (exact) mass is 307 g/mol. The van der Waals surface area contributed by atoms with Crippen LogP contribution in [0.5, 0.6) is 0 Å². The van der Waals surface area contributed by atoms with E-state index in [1.54, 1.807) is 26.8 Å². The molecule has 0 saturated heterocycles. The van der Waals surface area contributed by atoms with Gasteiger partial charge in [-0.25, -0.2) is 14.6 Å². The maximum atomic E-state index is 11.8. The molecular formula is C15H21N3O4. The molecule has 0 fully saturated rings. The molecule has 0 radical (unpaired) electrons. The molecule has 0 atom stereocenters. The van der Waals surface area contributed by atoms with Gasteiger partial charge in [-0.1, -0.05) is 0 Å².